The van der Waals surface area contributed by atoms with E-state index in [1.54, 1.807) is 23.1 Å². The second-order valence-corrected chi connectivity index (χ2v) is 10.5. The first-order valence-electron chi connectivity index (χ1n) is 9.74. The molecule has 9 heteroatoms. The van der Waals surface area contributed by atoms with Crippen LogP contribution in [-0.4, -0.2) is 43.5 Å². The van der Waals surface area contributed by atoms with Crippen molar-refractivity contribution in [3.8, 4) is 0 Å². The van der Waals surface area contributed by atoms with Gasteiger partial charge < -0.3 is 10.2 Å². The van der Waals surface area contributed by atoms with Gasteiger partial charge in [0.2, 0.25) is 11.8 Å². The quantitative estimate of drug-likeness (QED) is 0.705. The molecule has 1 fully saturated rings. The third kappa shape index (κ3) is 4.17. The van der Waals surface area contributed by atoms with Crippen molar-refractivity contribution in [2.75, 3.05) is 23.1 Å². The van der Waals surface area contributed by atoms with Crippen LogP contribution in [0.1, 0.15) is 24.0 Å². The lowest BCUT2D eigenvalue weighted by Crippen LogP contribution is -2.43. The van der Waals surface area contributed by atoms with E-state index in [2.05, 4.69) is 10.0 Å². The maximum Gasteiger partial charge on any atom is 0.261 e. The first-order valence-corrected chi connectivity index (χ1v) is 12.1. The zero-order valence-electron chi connectivity index (χ0n) is 16.8. The van der Waals surface area contributed by atoms with Crippen molar-refractivity contribution >= 4 is 45.0 Å². The van der Waals surface area contributed by atoms with Crippen molar-refractivity contribution in [1.29, 1.82) is 0 Å². The molecule has 4 rings (SSSR count). The Morgan fingerprint density at radius 2 is 1.77 bits per heavy atom. The van der Waals surface area contributed by atoms with Crippen LogP contribution in [0.4, 0.5) is 11.4 Å². The second-order valence-electron chi connectivity index (χ2n) is 7.66. The SMILES string of the molecule is Cc1cc(C)cc(NS(=O)(=O)c2ccc3c(c2)NC(=O)C(C(=O)N2CCCC2)S3)c1. The minimum absolute atomic E-state index is 0.0469. The van der Waals surface area contributed by atoms with Crippen molar-refractivity contribution in [2.24, 2.45) is 0 Å². The number of thioether (sulfide) groups is 1. The number of carbonyl (C=O) groups excluding carboxylic acids is 2. The van der Waals surface area contributed by atoms with E-state index in [1.807, 2.05) is 19.9 Å². The average Bonchev–Trinajstić information content (AvgIpc) is 3.20. The van der Waals surface area contributed by atoms with Crippen LogP contribution in [0.3, 0.4) is 0 Å². The molecule has 2 aromatic carbocycles. The largest absolute Gasteiger partial charge is 0.341 e. The Bertz CT molecular complexity index is 1100. The molecule has 0 saturated carbocycles. The van der Waals surface area contributed by atoms with Crippen molar-refractivity contribution in [3.63, 3.8) is 0 Å². The van der Waals surface area contributed by atoms with E-state index < -0.39 is 21.2 Å². The number of likely N-dealkylation sites (tertiary alicyclic amines) is 1. The van der Waals surface area contributed by atoms with Crippen LogP contribution in [0.2, 0.25) is 0 Å². The minimum atomic E-state index is -3.83. The molecule has 1 saturated heterocycles. The van der Waals surface area contributed by atoms with Gasteiger partial charge in [-0.25, -0.2) is 8.42 Å². The molecule has 2 heterocycles. The summed E-state index contributed by atoms with van der Waals surface area (Å²) in [7, 11) is -3.83. The maximum atomic E-state index is 12.8. The van der Waals surface area contributed by atoms with Gasteiger partial charge in [-0.1, -0.05) is 6.07 Å². The van der Waals surface area contributed by atoms with Gasteiger partial charge in [0, 0.05) is 23.7 Å². The van der Waals surface area contributed by atoms with E-state index in [4.69, 9.17) is 0 Å². The van der Waals surface area contributed by atoms with Crippen LogP contribution < -0.4 is 10.0 Å². The van der Waals surface area contributed by atoms with Crippen molar-refractivity contribution in [1.82, 2.24) is 4.90 Å². The van der Waals surface area contributed by atoms with Gasteiger partial charge in [-0.3, -0.25) is 14.3 Å². The fraction of sp³-hybridized carbons (Fsp3) is 0.333. The minimum Gasteiger partial charge on any atom is -0.341 e. The molecule has 7 nitrogen and oxygen atoms in total. The molecule has 2 amide bonds. The predicted molar refractivity (Wildman–Crippen MR) is 117 cm³/mol. The zero-order valence-corrected chi connectivity index (χ0v) is 18.4. The molecule has 2 aliphatic rings. The summed E-state index contributed by atoms with van der Waals surface area (Å²) >= 11 is 1.17. The molecule has 2 aliphatic heterocycles. The Balaban J connectivity index is 1.56. The highest BCUT2D eigenvalue weighted by molar-refractivity contribution is 8.01. The molecule has 0 aliphatic carbocycles. The lowest BCUT2D eigenvalue weighted by Gasteiger charge is -2.27. The van der Waals surface area contributed by atoms with Crippen molar-refractivity contribution in [2.45, 2.75) is 41.7 Å². The number of carbonyl (C=O) groups is 2. The lowest BCUT2D eigenvalue weighted by atomic mass is 10.1. The van der Waals surface area contributed by atoms with Crippen LogP contribution in [0.25, 0.3) is 0 Å². The Labute approximate surface area is 180 Å². The molecule has 0 spiro atoms. The smallest absolute Gasteiger partial charge is 0.261 e. The third-order valence-electron chi connectivity index (χ3n) is 5.12. The number of sulfonamides is 1. The number of fused-ring (bicyclic) bond motifs is 1. The fourth-order valence-corrected chi connectivity index (χ4v) is 5.89. The zero-order chi connectivity index (χ0) is 21.5. The summed E-state index contributed by atoms with van der Waals surface area (Å²) in [6.45, 7) is 5.15. The molecule has 158 valence electrons. The summed E-state index contributed by atoms with van der Waals surface area (Å²) in [5, 5.41) is 1.87. The topological polar surface area (TPSA) is 95.6 Å². The monoisotopic (exact) mass is 445 g/mol. The van der Waals surface area contributed by atoms with Crippen LogP contribution in [0.15, 0.2) is 46.2 Å². The normalized spacial score (nSPS) is 18.7. The molecule has 0 radical (unpaired) electrons. The average molecular weight is 446 g/mol. The van der Waals surface area contributed by atoms with Crippen LogP contribution in [0, 0.1) is 13.8 Å². The molecule has 2 N–H and O–H groups in total. The summed E-state index contributed by atoms with van der Waals surface area (Å²) in [5.74, 6) is -0.602. The fourth-order valence-electron chi connectivity index (χ4n) is 3.77. The number of rotatable bonds is 4. The Morgan fingerprint density at radius 3 is 2.43 bits per heavy atom. The van der Waals surface area contributed by atoms with Gasteiger partial charge in [-0.2, -0.15) is 0 Å². The molecule has 0 bridgehead atoms. The number of hydrogen-bond acceptors (Lipinski definition) is 5. The summed E-state index contributed by atoms with van der Waals surface area (Å²) in [4.78, 5) is 27.6. The van der Waals surface area contributed by atoms with E-state index in [0.29, 0.717) is 29.4 Å². The van der Waals surface area contributed by atoms with Gasteiger partial charge >= 0.3 is 0 Å². The van der Waals surface area contributed by atoms with Gasteiger partial charge in [0.1, 0.15) is 0 Å². The standard InChI is InChI=1S/C21H23N3O4S2/c1-13-9-14(2)11-15(10-13)23-30(27,28)16-5-6-18-17(12-16)22-20(25)19(29-18)21(26)24-7-3-4-8-24/h5-6,9-12,19,23H,3-4,7-8H2,1-2H3,(H,22,25). The Kier molecular flexibility index (Phi) is 5.50. The number of aryl methyl sites for hydroxylation is 2. The van der Waals surface area contributed by atoms with Gasteiger partial charge in [-0.15, -0.1) is 11.8 Å². The summed E-state index contributed by atoms with van der Waals surface area (Å²) in [6, 6.07) is 10.0. The van der Waals surface area contributed by atoms with Crippen LogP contribution in [0.5, 0.6) is 0 Å². The number of nitrogens with one attached hydrogen (secondary N) is 2. The lowest BCUT2D eigenvalue weighted by molar-refractivity contribution is -0.133. The van der Waals surface area contributed by atoms with E-state index in [-0.39, 0.29) is 10.8 Å². The second kappa shape index (κ2) is 7.96. The highest BCUT2D eigenvalue weighted by Crippen LogP contribution is 2.38. The highest BCUT2D eigenvalue weighted by atomic mass is 32.2. The first-order chi connectivity index (χ1) is 14.2. The Hall–Kier alpha value is -2.52. The molecule has 2 aromatic rings. The van der Waals surface area contributed by atoms with Gasteiger partial charge in [-0.05, 0) is 68.1 Å². The van der Waals surface area contributed by atoms with Gasteiger partial charge in [0.25, 0.3) is 10.0 Å². The molecular formula is C21H23N3O4S2. The number of anilines is 2. The maximum absolute atomic E-state index is 12.8. The van der Waals surface area contributed by atoms with Crippen LogP contribution in [-0.2, 0) is 19.6 Å². The first kappa shape index (κ1) is 20.7. The van der Waals surface area contributed by atoms with Gasteiger partial charge in [0.05, 0.1) is 10.6 Å². The molecule has 0 aromatic heterocycles. The molecule has 1 atom stereocenters. The summed E-state index contributed by atoms with van der Waals surface area (Å²) < 4.78 is 28.3. The Morgan fingerprint density at radius 1 is 1.10 bits per heavy atom. The van der Waals surface area contributed by atoms with E-state index in [9.17, 15) is 18.0 Å². The van der Waals surface area contributed by atoms with Crippen LogP contribution >= 0.6 is 11.8 Å². The van der Waals surface area contributed by atoms with Gasteiger partial charge in [0.15, 0.2) is 5.25 Å². The number of nitrogens with zero attached hydrogens (tertiary/aromatic N) is 1. The number of amides is 2. The molecule has 1 unspecified atom stereocenters. The van der Waals surface area contributed by atoms with E-state index in [0.717, 1.165) is 24.0 Å². The molecule has 30 heavy (non-hydrogen) atoms. The van der Waals surface area contributed by atoms with Crippen molar-refractivity contribution in [3.05, 3.63) is 47.5 Å². The molecular weight excluding hydrogens is 422 g/mol. The van der Waals surface area contributed by atoms with E-state index in [1.165, 1.54) is 23.9 Å². The van der Waals surface area contributed by atoms with E-state index >= 15 is 0 Å². The van der Waals surface area contributed by atoms with Crippen molar-refractivity contribution < 1.29 is 18.0 Å². The summed E-state index contributed by atoms with van der Waals surface area (Å²) in [6.07, 6.45) is 1.91. The highest BCUT2D eigenvalue weighted by Gasteiger charge is 2.37. The number of benzene rings is 2. The summed E-state index contributed by atoms with van der Waals surface area (Å²) in [5.41, 5.74) is 2.80. The predicted octanol–water partition coefficient (Wildman–Crippen LogP) is 3.14. The third-order valence-corrected chi connectivity index (χ3v) is 7.76. The number of hydrogen-bond donors (Lipinski definition) is 2.